The average molecular weight is 438 g/mol. The molecule has 8 heteroatoms. The van der Waals surface area contributed by atoms with Crippen molar-refractivity contribution in [3.63, 3.8) is 0 Å². The van der Waals surface area contributed by atoms with Crippen molar-refractivity contribution in [1.82, 2.24) is 4.72 Å². The second-order valence-corrected chi connectivity index (χ2v) is 10.1. The van der Waals surface area contributed by atoms with Crippen LogP contribution in [0.4, 0.5) is 0 Å². The standard InChI is InChI=1S/C10H12Br2ClNO2S2/c11-6-3-1-2-4-8(6)14-18(15,16)9-5-7(13)10(12)17-9/h5-6,8,14H,1-4H2. The maximum atomic E-state index is 12.2. The molecule has 0 amide bonds. The van der Waals surface area contributed by atoms with Gasteiger partial charge in [0, 0.05) is 10.9 Å². The lowest BCUT2D eigenvalue weighted by atomic mass is 9.96. The summed E-state index contributed by atoms with van der Waals surface area (Å²) in [5, 5.41) is 0.430. The monoisotopic (exact) mass is 435 g/mol. The number of thiophene rings is 1. The van der Waals surface area contributed by atoms with Crippen molar-refractivity contribution >= 4 is 64.8 Å². The Balaban J connectivity index is 2.16. The maximum Gasteiger partial charge on any atom is 0.250 e. The fourth-order valence-electron chi connectivity index (χ4n) is 1.93. The first-order valence-electron chi connectivity index (χ1n) is 5.51. The van der Waals surface area contributed by atoms with Gasteiger partial charge < -0.3 is 0 Å². The normalized spacial score (nSPS) is 25.3. The van der Waals surface area contributed by atoms with Crippen LogP contribution >= 0.6 is 54.8 Å². The summed E-state index contributed by atoms with van der Waals surface area (Å²) < 4.78 is 28.1. The van der Waals surface area contributed by atoms with Crippen LogP contribution in [0.3, 0.4) is 0 Å². The molecule has 2 unspecified atom stereocenters. The van der Waals surface area contributed by atoms with Crippen LogP contribution in [0.25, 0.3) is 0 Å². The molecule has 2 rings (SSSR count). The summed E-state index contributed by atoms with van der Waals surface area (Å²) in [5.74, 6) is 0. The molecule has 0 radical (unpaired) electrons. The fraction of sp³-hybridized carbons (Fsp3) is 0.600. The van der Waals surface area contributed by atoms with Crippen LogP contribution in [-0.2, 0) is 10.0 Å². The largest absolute Gasteiger partial charge is 0.250 e. The molecule has 0 bridgehead atoms. The summed E-state index contributed by atoms with van der Waals surface area (Å²) in [6.07, 6.45) is 4.08. The number of halogens is 3. The van der Waals surface area contributed by atoms with Crippen molar-refractivity contribution in [2.24, 2.45) is 0 Å². The SMILES string of the molecule is O=S(=O)(NC1CCCCC1Br)c1cc(Cl)c(Br)s1. The molecule has 1 heterocycles. The molecule has 1 fully saturated rings. The first-order valence-corrected chi connectivity index (χ1v) is 9.90. The van der Waals surface area contributed by atoms with Crippen LogP contribution in [0.15, 0.2) is 14.1 Å². The van der Waals surface area contributed by atoms with Crippen LogP contribution in [0.2, 0.25) is 5.02 Å². The molecule has 1 aromatic rings. The Morgan fingerprint density at radius 2 is 2.06 bits per heavy atom. The van der Waals surface area contributed by atoms with Gasteiger partial charge in [0.1, 0.15) is 4.21 Å². The number of nitrogens with one attached hydrogen (secondary N) is 1. The summed E-state index contributed by atoms with van der Waals surface area (Å²) >= 11 is 13.8. The van der Waals surface area contributed by atoms with Gasteiger partial charge in [-0.15, -0.1) is 11.3 Å². The highest BCUT2D eigenvalue weighted by molar-refractivity contribution is 9.11. The number of hydrogen-bond donors (Lipinski definition) is 1. The molecule has 2 atom stereocenters. The first-order chi connectivity index (χ1) is 8.40. The Morgan fingerprint density at radius 3 is 2.61 bits per heavy atom. The van der Waals surface area contributed by atoms with E-state index in [0.717, 1.165) is 37.0 Å². The van der Waals surface area contributed by atoms with Gasteiger partial charge in [0.05, 0.1) is 8.81 Å². The summed E-state index contributed by atoms with van der Waals surface area (Å²) in [4.78, 5) is 0.208. The highest BCUT2D eigenvalue weighted by Gasteiger charge is 2.29. The molecule has 1 aliphatic rings. The van der Waals surface area contributed by atoms with Crippen LogP contribution in [-0.4, -0.2) is 19.3 Å². The lowest BCUT2D eigenvalue weighted by molar-refractivity contribution is 0.427. The van der Waals surface area contributed by atoms with Crippen LogP contribution in [0.5, 0.6) is 0 Å². The predicted octanol–water partition coefficient (Wildman–Crippen LogP) is 4.15. The van der Waals surface area contributed by atoms with Crippen molar-refractivity contribution in [2.45, 2.75) is 40.8 Å². The zero-order valence-electron chi connectivity index (χ0n) is 9.33. The molecule has 0 aliphatic heterocycles. The molecule has 1 aliphatic carbocycles. The Morgan fingerprint density at radius 1 is 1.39 bits per heavy atom. The van der Waals surface area contributed by atoms with Gasteiger partial charge in [-0.1, -0.05) is 40.4 Å². The summed E-state index contributed by atoms with van der Waals surface area (Å²) in [6, 6.07) is 1.44. The second-order valence-electron chi connectivity index (χ2n) is 4.22. The lowest BCUT2D eigenvalue weighted by Crippen LogP contribution is -2.42. The molecule has 1 N–H and O–H groups in total. The molecule has 0 spiro atoms. The lowest BCUT2D eigenvalue weighted by Gasteiger charge is -2.27. The van der Waals surface area contributed by atoms with Gasteiger partial charge in [0.25, 0.3) is 0 Å². The molecule has 102 valence electrons. The number of alkyl halides is 1. The highest BCUT2D eigenvalue weighted by atomic mass is 79.9. The van der Waals surface area contributed by atoms with E-state index in [1.807, 2.05) is 0 Å². The van der Waals surface area contributed by atoms with Crippen molar-refractivity contribution in [1.29, 1.82) is 0 Å². The molecule has 0 aromatic carbocycles. The predicted molar refractivity (Wildman–Crippen MR) is 82.3 cm³/mol. The van der Waals surface area contributed by atoms with Gasteiger partial charge in [-0.25, -0.2) is 13.1 Å². The second kappa shape index (κ2) is 6.10. The Bertz CT molecular complexity index is 512. The Kier molecular flexibility index (Phi) is 5.17. The Hall–Kier alpha value is 0.860. The van der Waals surface area contributed by atoms with E-state index in [4.69, 9.17) is 11.6 Å². The average Bonchev–Trinajstić information content (AvgIpc) is 2.63. The van der Waals surface area contributed by atoms with Gasteiger partial charge in [-0.05, 0) is 34.8 Å². The quantitative estimate of drug-likeness (QED) is 0.722. The van der Waals surface area contributed by atoms with Gasteiger partial charge in [-0.2, -0.15) is 0 Å². The van der Waals surface area contributed by atoms with E-state index in [-0.39, 0.29) is 15.1 Å². The zero-order chi connectivity index (χ0) is 13.3. The summed E-state index contributed by atoms with van der Waals surface area (Å²) in [7, 11) is -3.47. The zero-order valence-corrected chi connectivity index (χ0v) is 14.9. The molecular formula is C10H12Br2ClNO2S2. The smallest absolute Gasteiger partial charge is 0.206 e. The molecule has 3 nitrogen and oxygen atoms in total. The van der Waals surface area contributed by atoms with E-state index >= 15 is 0 Å². The molecule has 18 heavy (non-hydrogen) atoms. The minimum Gasteiger partial charge on any atom is -0.206 e. The van der Waals surface area contributed by atoms with Gasteiger partial charge >= 0.3 is 0 Å². The number of rotatable bonds is 3. The molecule has 1 saturated carbocycles. The third kappa shape index (κ3) is 3.49. The van der Waals surface area contributed by atoms with Gasteiger partial charge in [0.2, 0.25) is 10.0 Å². The van der Waals surface area contributed by atoms with E-state index in [0.29, 0.717) is 8.81 Å². The highest BCUT2D eigenvalue weighted by Crippen LogP contribution is 2.35. The van der Waals surface area contributed by atoms with Crippen LogP contribution < -0.4 is 4.72 Å². The Labute approximate surface area is 133 Å². The third-order valence-electron chi connectivity index (χ3n) is 2.88. The van der Waals surface area contributed by atoms with E-state index in [9.17, 15) is 8.42 Å². The summed E-state index contributed by atoms with van der Waals surface area (Å²) in [6.45, 7) is 0. The van der Waals surface area contributed by atoms with Crippen molar-refractivity contribution < 1.29 is 8.42 Å². The summed E-state index contributed by atoms with van der Waals surface area (Å²) in [5.41, 5.74) is 0. The van der Waals surface area contributed by atoms with Crippen LogP contribution in [0, 0.1) is 0 Å². The number of sulfonamides is 1. The fourth-order valence-corrected chi connectivity index (χ4v) is 6.56. The van der Waals surface area contributed by atoms with E-state index in [1.54, 1.807) is 0 Å². The van der Waals surface area contributed by atoms with Crippen molar-refractivity contribution in [3.8, 4) is 0 Å². The topological polar surface area (TPSA) is 46.2 Å². The van der Waals surface area contributed by atoms with E-state index in [2.05, 4.69) is 36.6 Å². The van der Waals surface area contributed by atoms with Crippen LogP contribution in [0.1, 0.15) is 25.7 Å². The maximum absolute atomic E-state index is 12.2. The van der Waals surface area contributed by atoms with Gasteiger partial charge in [-0.3, -0.25) is 0 Å². The number of hydrogen-bond acceptors (Lipinski definition) is 3. The van der Waals surface area contributed by atoms with E-state index in [1.165, 1.54) is 6.07 Å². The molecule has 1 aromatic heterocycles. The molecule has 0 saturated heterocycles. The van der Waals surface area contributed by atoms with Crippen molar-refractivity contribution in [3.05, 3.63) is 14.9 Å². The van der Waals surface area contributed by atoms with E-state index < -0.39 is 10.0 Å². The van der Waals surface area contributed by atoms with Crippen molar-refractivity contribution in [2.75, 3.05) is 0 Å². The minimum absolute atomic E-state index is 0.0385. The third-order valence-corrected chi connectivity index (χ3v) is 8.41. The molecular weight excluding hydrogens is 426 g/mol. The van der Waals surface area contributed by atoms with Gasteiger partial charge in [0.15, 0.2) is 0 Å². The first kappa shape index (κ1) is 15.3. The minimum atomic E-state index is -3.47.